The van der Waals surface area contributed by atoms with E-state index in [1.807, 2.05) is 12.1 Å². The maximum atomic E-state index is 11.2. The zero-order chi connectivity index (χ0) is 14.4. The van der Waals surface area contributed by atoms with Crippen LogP contribution in [0.4, 0.5) is 0 Å². The monoisotopic (exact) mass is 343 g/mol. The van der Waals surface area contributed by atoms with Crippen LogP contribution < -0.4 is 14.8 Å². The second-order valence-corrected chi connectivity index (χ2v) is 5.19. The lowest BCUT2D eigenvalue weighted by Crippen LogP contribution is -2.20. The average Bonchev–Trinajstić information content (AvgIpc) is 2.44. The van der Waals surface area contributed by atoms with Crippen LogP contribution in [0, 0.1) is 0 Å². The highest BCUT2D eigenvalue weighted by atomic mass is 79.9. The average molecular weight is 344 g/mol. The molecule has 1 aliphatic heterocycles. The van der Waals surface area contributed by atoms with Crippen LogP contribution in [0.5, 0.6) is 11.5 Å². The van der Waals surface area contributed by atoms with Crippen LogP contribution in [0.2, 0.25) is 0 Å². The third kappa shape index (κ3) is 4.11. The molecule has 0 unspecified atom stereocenters. The summed E-state index contributed by atoms with van der Waals surface area (Å²) in [4.78, 5) is 11.2. The van der Waals surface area contributed by atoms with Gasteiger partial charge in [0.2, 0.25) is 0 Å². The third-order valence-corrected chi connectivity index (χ3v) is 3.39. The molecule has 1 aromatic rings. The van der Waals surface area contributed by atoms with Crippen LogP contribution in [0.15, 0.2) is 16.6 Å². The molecule has 6 heteroatoms. The van der Waals surface area contributed by atoms with E-state index >= 15 is 0 Å². The molecule has 0 bridgehead atoms. The molecule has 0 fully saturated rings. The van der Waals surface area contributed by atoms with Crippen LogP contribution in [0.25, 0.3) is 0 Å². The number of carbonyl (C=O) groups is 1. The topological polar surface area (TPSA) is 56.8 Å². The van der Waals surface area contributed by atoms with Crippen molar-refractivity contribution in [2.45, 2.75) is 19.9 Å². The molecule has 1 aromatic carbocycles. The molecular formula is C14H18BrNO4. The second-order valence-electron chi connectivity index (χ2n) is 4.33. The van der Waals surface area contributed by atoms with E-state index in [0.29, 0.717) is 39.3 Å². The fourth-order valence-corrected chi connectivity index (χ4v) is 2.53. The minimum atomic E-state index is -0.177. The maximum absolute atomic E-state index is 11.2. The van der Waals surface area contributed by atoms with Gasteiger partial charge in [-0.1, -0.05) is 0 Å². The van der Waals surface area contributed by atoms with Crippen LogP contribution in [0.1, 0.15) is 18.9 Å². The standard InChI is InChI=1S/C14H18BrNO4/c1-2-18-13(17)3-4-16-9-10-7-11(15)14-12(8-10)19-5-6-20-14/h7-8,16H,2-6,9H2,1H3. The molecule has 110 valence electrons. The summed E-state index contributed by atoms with van der Waals surface area (Å²) >= 11 is 3.48. The molecule has 0 spiro atoms. The molecule has 0 amide bonds. The number of nitrogens with one attached hydrogen (secondary N) is 1. The third-order valence-electron chi connectivity index (χ3n) is 2.80. The van der Waals surface area contributed by atoms with Crippen molar-refractivity contribution >= 4 is 21.9 Å². The number of hydrogen-bond acceptors (Lipinski definition) is 5. The largest absolute Gasteiger partial charge is 0.486 e. The molecular weight excluding hydrogens is 326 g/mol. The number of rotatable bonds is 6. The van der Waals surface area contributed by atoms with Crippen LogP contribution in [-0.2, 0) is 16.1 Å². The highest BCUT2D eigenvalue weighted by Crippen LogP contribution is 2.38. The highest BCUT2D eigenvalue weighted by Gasteiger charge is 2.16. The lowest BCUT2D eigenvalue weighted by Gasteiger charge is -2.20. The van der Waals surface area contributed by atoms with Gasteiger partial charge in [0.25, 0.3) is 0 Å². The normalized spacial score (nSPS) is 13.1. The Bertz CT molecular complexity index is 478. The van der Waals surface area contributed by atoms with Gasteiger partial charge in [0, 0.05) is 13.1 Å². The number of benzene rings is 1. The summed E-state index contributed by atoms with van der Waals surface area (Å²) in [5, 5.41) is 3.21. The van der Waals surface area contributed by atoms with Gasteiger partial charge in [0.05, 0.1) is 17.5 Å². The molecule has 5 nitrogen and oxygen atoms in total. The summed E-state index contributed by atoms with van der Waals surface area (Å²) in [6.07, 6.45) is 0.375. The van der Waals surface area contributed by atoms with Gasteiger partial charge in [-0.2, -0.15) is 0 Å². The van der Waals surface area contributed by atoms with Crippen molar-refractivity contribution in [1.82, 2.24) is 5.32 Å². The quantitative estimate of drug-likeness (QED) is 0.634. The number of carbonyl (C=O) groups excluding carboxylic acids is 1. The Hall–Kier alpha value is -1.27. The molecule has 0 aliphatic carbocycles. The first-order chi connectivity index (χ1) is 9.70. The van der Waals surface area contributed by atoms with Gasteiger partial charge in [-0.3, -0.25) is 4.79 Å². The molecule has 2 rings (SSSR count). The van der Waals surface area contributed by atoms with Gasteiger partial charge >= 0.3 is 5.97 Å². The van der Waals surface area contributed by atoms with E-state index in [1.54, 1.807) is 6.92 Å². The van der Waals surface area contributed by atoms with Crippen molar-refractivity contribution in [1.29, 1.82) is 0 Å². The fourth-order valence-electron chi connectivity index (χ4n) is 1.92. The molecule has 0 radical (unpaired) electrons. The van der Waals surface area contributed by atoms with Gasteiger partial charge < -0.3 is 19.5 Å². The van der Waals surface area contributed by atoms with E-state index in [0.717, 1.165) is 21.5 Å². The Morgan fingerprint density at radius 3 is 3.00 bits per heavy atom. The predicted molar refractivity (Wildman–Crippen MR) is 78.1 cm³/mol. The van der Waals surface area contributed by atoms with E-state index in [2.05, 4.69) is 21.2 Å². The number of halogens is 1. The van der Waals surface area contributed by atoms with Gasteiger partial charge in [-0.25, -0.2) is 0 Å². The van der Waals surface area contributed by atoms with E-state index in [-0.39, 0.29) is 5.97 Å². The summed E-state index contributed by atoms with van der Waals surface area (Å²) in [7, 11) is 0. The predicted octanol–water partition coefficient (Wildman–Crippen LogP) is 2.26. The fraction of sp³-hybridized carbons (Fsp3) is 0.500. The minimum Gasteiger partial charge on any atom is -0.486 e. The Kier molecular flexibility index (Phi) is 5.67. The summed E-state index contributed by atoms with van der Waals surface area (Å²) in [5.74, 6) is 1.34. The van der Waals surface area contributed by atoms with E-state index in [1.165, 1.54) is 0 Å². The first-order valence-corrected chi connectivity index (χ1v) is 7.44. The van der Waals surface area contributed by atoms with Crippen molar-refractivity contribution in [3.63, 3.8) is 0 Å². The minimum absolute atomic E-state index is 0.177. The highest BCUT2D eigenvalue weighted by molar-refractivity contribution is 9.10. The van der Waals surface area contributed by atoms with E-state index in [9.17, 15) is 4.79 Å². The molecule has 1 heterocycles. The smallest absolute Gasteiger partial charge is 0.307 e. The summed E-state index contributed by atoms with van der Waals surface area (Å²) < 4.78 is 16.9. The Morgan fingerprint density at radius 2 is 2.20 bits per heavy atom. The summed E-state index contributed by atoms with van der Waals surface area (Å²) in [6, 6.07) is 3.95. The van der Waals surface area contributed by atoms with Gasteiger partial charge in [0.1, 0.15) is 13.2 Å². The summed E-state index contributed by atoms with van der Waals surface area (Å²) in [6.45, 7) is 4.62. The molecule has 0 aromatic heterocycles. The van der Waals surface area contributed by atoms with Gasteiger partial charge in [-0.05, 0) is 40.5 Å². The summed E-state index contributed by atoms with van der Waals surface area (Å²) in [5.41, 5.74) is 1.07. The van der Waals surface area contributed by atoms with E-state index < -0.39 is 0 Å². The molecule has 0 atom stereocenters. The Labute approximate surface area is 126 Å². The number of fused-ring (bicyclic) bond motifs is 1. The van der Waals surface area contributed by atoms with Crippen LogP contribution >= 0.6 is 15.9 Å². The van der Waals surface area contributed by atoms with Crippen molar-refractivity contribution in [3.05, 3.63) is 22.2 Å². The molecule has 1 aliphatic rings. The van der Waals surface area contributed by atoms with Crippen molar-refractivity contribution < 1.29 is 19.0 Å². The first kappa shape index (κ1) is 15.1. The Balaban J connectivity index is 1.84. The molecule has 1 N–H and O–H groups in total. The van der Waals surface area contributed by atoms with Crippen LogP contribution in [-0.4, -0.2) is 32.3 Å². The van der Waals surface area contributed by atoms with Crippen LogP contribution in [0.3, 0.4) is 0 Å². The second kappa shape index (κ2) is 7.50. The van der Waals surface area contributed by atoms with Crippen molar-refractivity contribution in [3.8, 4) is 11.5 Å². The maximum Gasteiger partial charge on any atom is 0.307 e. The zero-order valence-corrected chi connectivity index (χ0v) is 13.0. The Morgan fingerprint density at radius 1 is 1.40 bits per heavy atom. The van der Waals surface area contributed by atoms with Crippen molar-refractivity contribution in [2.24, 2.45) is 0 Å². The lowest BCUT2D eigenvalue weighted by atomic mass is 10.2. The SMILES string of the molecule is CCOC(=O)CCNCc1cc(Br)c2c(c1)OCCO2. The number of hydrogen-bond donors (Lipinski definition) is 1. The first-order valence-electron chi connectivity index (χ1n) is 6.65. The molecule has 20 heavy (non-hydrogen) atoms. The van der Waals surface area contributed by atoms with E-state index in [4.69, 9.17) is 14.2 Å². The molecule has 0 saturated heterocycles. The number of ether oxygens (including phenoxy) is 3. The molecule has 0 saturated carbocycles. The number of esters is 1. The van der Waals surface area contributed by atoms with Crippen molar-refractivity contribution in [2.75, 3.05) is 26.4 Å². The lowest BCUT2D eigenvalue weighted by molar-refractivity contribution is -0.142. The van der Waals surface area contributed by atoms with Gasteiger partial charge in [-0.15, -0.1) is 0 Å². The van der Waals surface area contributed by atoms with Gasteiger partial charge in [0.15, 0.2) is 11.5 Å². The zero-order valence-electron chi connectivity index (χ0n) is 11.4.